The highest BCUT2D eigenvalue weighted by atomic mass is 16.2. The zero-order valence-corrected chi connectivity index (χ0v) is 13.1. The average Bonchev–Trinajstić information content (AvgIpc) is 2.55. The fourth-order valence-corrected chi connectivity index (χ4v) is 3.10. The number of fused-ring (bicyclic) bond motifs is 1. The van der Waals surface area contributed by atoms with Crippen LogP contribution >= 0.6 is 0 Å². The molecule has 0 atom stereocenters. The van der Waals surface area contributed by atoms with Crippen LogP contribution in [0.4, 0.5) is 0 Å². The predicted molar refractivity (Wildman–Crippen MR) is 89.9 cm³/mol. The molecule has 2 N–H and O–H groups in total. The number of nitrogens with two attached hydrogens (primary N) is 1. The Balaban J connectivity index is 1.64. The first-order chi connectivity index (χ1) is 11.1. The van der Waals surface area contributed by atoms with Gasteiger partial charge in [0.05, 0.1) is 13.0 Å². The maximum absolute atomic E-state index is 12.6. The highest BCUT2D eigenvalue weighted by Crippen LogP contribution is 2.19. The van der Waals surface area contributed by atoms with Gasteiger partial charge in [0.2, 0.25) is 11.8 Å². The van der Waals surface area contributed by atoms with Gasteiger partial charge in [-0.05, 0) is 16.3 Å². The van der Waals surface area contributed by atoms with E-state index in [4.69, 9.17) is 5.73 Å². The zero-order valence-electron chi connectivity index (χ0n) is 13.1. The van der Waals surface area contributed by atoms with Crippen LogP contribution in [0.2, 0.25) is 0 Å². The first kappa shape index (κ1) is 15.5. The summed E-state index contributed by atoms with van der Waals surface area (Å²) in [7, 11) is 0. The highest BCUT2D eigenvalue weighted by molar-refractivity contribution is 5.90. The Hall–Kier alpha value is -2.40. The summed E-state index contributed by atoms with van der Waals surface area (Å²) in [6.45, 7) is 2.97. The standard InChI is InChI=1S/C18H21N3O2/c19-17(22)13-20-8-10-21(11-9-20)18(23)12-15-6-3-5-14-4-1-2-7-16(14)15/h1-7H,8-13H2,(H2,19,22). The molecule has 0 aliphatic carbocycles. The molecule has 1 saturated heterocycles. The molecule has 2 aromatic carbocycles. The highest BCUT2D eigenvalue weighted by Gasteiger charge is 2.22. The van der Waals surface area contributed by atoms with Crippen LogP contribution in [0.3, 0.4) is 0 Å². The number of nitrogens with zero attached hydrogens (tertiary/aromatic N) is 2. The molecule has 5 heteroatoms. The lowest BCUT2D eigenvalue weighted by atomic mass is 10.0. The van der Waals surface area contributed by atoms with Crippen molar-refractivity contribution in [2.24, 2.45) is 5.73 Å². The number of amides is 2. The van der Waals surface area contributed by atoms with Gasteiger partial charge in [0.15, 0.2) is 0 Å². The SMILES string of the molecule is NC(=O)CN1CCN(C(=O)Cc2cccc3ccccc23)CC1. The van der Waals surface area contributed by atoms with Gasteiger partial charge in [-0.25, -0.2) is 0 Å². The van der Waals surface area contributed by atoms with Gasteiger partial charge in [-0.15, -0.1) is 0 Å². The van der Waals surface area contributed by atoms with Crippen LogP contribution in [-0.2, 0) is 16.0 Å². The van der Waals surface area contributed by atoms with Gasteiger partial charge < -0.3 is 10.6 Å². The monoisotopic (exact) mass is 311 g/mol. The number of rotatable bonds is 4. The van der Waals surface area contributed by atoms with E-state index in [-0.39, 0.29) is 18.4 Å². The Bertz CT molecular complexity index is 716. The van der Waals surface area contributed by atoms with Crippen LogP contribution in [0.1, 0.15) is 5.56 Å². The van der Waals surface area contributed by atoms with E-state index in [2.05, 4.69) is 18.2 Å². The Kier molecular flexibility index (Phi) is 4.57. The molecular weight excluding hydrogens is 290 g/mol. The number of piperazine rings is 1. The zero-order chi connectivity index (χ0) is 16.2. The Morgan fingerprint density at radius 3 is 2.39 bits per heavy atom. The molecule has 3 rings (SSSR count). The Labute approximate surface area is 135 Å². The van der Waals surface area contributed by atoms with E-state index in [1.165, 1.54) is 0 Å². The molecule has 0 aromatic heterocycles. The molecule has 0 unspecified atom stereocenters. The van der Waals surface area contributed by atoms with E-state index >= 15 is 0 Å². The van der Waals surface area contributed by atoms with E-state index in [0.29, 0.717) is 32.6 Å². The van der Waals surface area contributed by atoms with Gasteiger partial charge in [0.25, 0.3) is 0 Å². The predicted octanol–water partition coefficient (Wildman–Crippen LogP) is 1.01. The third kappa shape index (κ3) is 3.68. The van der Waals surface area contributed by atoms with Gasteiger partial charge in [-0.2, -0.15) is 0 Å². The van der Waals surface area contributed by atoms with Crippen LogP contribution in [0, 0.1) is 0 Å². The second-order valence-corrected chi connectivity index (χ2v) is 5.94. The van der Waals surface area contributed by atoms with Crippen molar-refractivity contribution < 1.29 is 9.59 Å². The Morgan fingerprint density at radius 1 is 0.957 bits per heavy atom. The minimum atomic E-state index is -0.319. The summed E-state index contributed by atoms with van der Waals surface area (Å²) in [6, 6.07) is 14.2. The second kappa shape index (κ2) is 6.79. The smallest absolute Gasteiger partial charge is 0.231 e. The summed E-state index contributed by atoms with van der Waals surface area (Å²) in [4.78, 5) is 27.4. The van der Waals surface area contributed by atoms with Crippen molar-refractivity contribution in [1.82, 2.24) is 9.80 Å². The topological polar surface area (TPSA) is 66.6 Å². The van der Waals surface area contributed by atoms with Crippen molar-refractivity contribution in [3.8, 4) is 0 Å². The molecule has 1 fully saturated rings. The molecule has 2 amide bonds. The number of hydrogen-bond donors (Lipinski definition) is 1. The summed E-state index contributed by atoms with van der Waals surface area (Å²) >= 11 is 0. The lowest BCUT2D eigenvalue weighted by molar-refractivity contribution is -0.132. The maximum Gasteiger partial charge on any atom is 0.231 e. The number of carbonyl (C=O) groups excluding carboxylic acids is 2. The van der Waals surface area contributed by atoms with Gasteiger partial charge in [0, 0.05) is 26.2 Å². The number of hydrogen-bond acceptors (Lipinski definition) is 3. The summed E-state index contributed by atoms with van der Waals surface area (Å²) < 4.78 is 0. The normalized spacial score (nSPS) is 15.7. The van der Waals surface area contributed by atoms with Crippen LogP contribution in [0.5, 0.6) is 0 Å². The van der Waals surface area contributed by atoms with Crippen molar-refractivity contribution in [2.45, 2.75) is 6.42 Å². The third-order valence-corrected chi connectivity index (χ3v) is 4.33. The average molecular weight is 311 g/mol. The van der Waals surface area contributed by atoms with E-state index in [1.807, 2.05) is 34.1 Å². The number of benzene rings is 2. The van der Waals surface area contributed by atoms with Crippen molar-refractivity contribution in [3.63, 3.8) is 0 Å². The summed E-state index contributed by atoms with van der Waals surface area (Å²) in [5.41, 5.74) is 6.27. The van der Waals surface area contributed by atoms with Crippen LogP contribution in [0.15, 0.2) is 42.5 Å². The van der Waals surface area contributed by atoms with Gasteiger partial charge in [-0.3, -0.25) is 14.5 Å². The van der Waals surface area contributed by atoms with Crippen LogP contribution in [-0.4, -0.2) is 54.3 Å². The Morgan fingerprint density at radius 2 is 1.65 bits per heavy atom. The van der Waals surface area contributed by atoms with E-state index < -0.39 is 0 Å². The third-order valence-electron chi connectivity index (χ3n) is 4.33. The molecule has 5 nitrogen and oxygen atoms in total. The van der Waals surface area contributed by atoms with Gasteiger partial charge >= 0.3 is 0 Å². The number of primary amides is 1. The van der Waals surface area contributed by atoms with E-state index in [9.17, 15) is 9.59 Å². The second-order valence-electron chi connectivity index (χ2n) is 5.94. The molecular formula is C18H21N3O2. The largest absolute Gasteiger partial charge is 0.369 e. The lowest BCUT2D eigenvalue weighted by Crippen LogP contribution is -2.51. The molecule has 0 saturated carbocycles. The minimum absolute atomic E-state index is 0.139. The first-order valence-electron chi connectivity index (χ1n) is 7.88. The molecule has 0 radical (unpaired) electrons. The molecule has 0 spiro atoms. The molecule has 1 aliphatic rings. The summed E-state index contributed by atoms with van der Waals surface area (Å²) in [6.07, 6.45) is 0.414. The molecule has 1 heterocycles. The molecule has 120 valence electrons. The van der Waals surface area contributed by atoms with Crippen molar-refractivity contribution in [1.29, 1.82) is 0 Å². The molecule has 1 aliphatic heterocycles. The van der Waals surface area contributed by atoms with Crippen LogP contribution < -0.4 is 5.73 Å². The van der Waals surface area contributed by atoms with Crippen molar-refractivity contribution in [2.75, 3.05) is 32.7 Å². The maximum atomic E-state index is 12.6. The number of carbonyl (C=O) groups is 2. The molecule has 23 heavy (non-hydrogen) atoms. The van der Waals surface area contributed by atoms with Crippen LogP contribution in [0.25, 0.3) is 10.8 Å². The van der Waals surface area contributed by atoms with Gasteiger partial charge in [0.1, 0.15) is 0 Å². The summed E-state index contributed by atoms with van der Waals surface area (Å²) in [5, 5.41) is 2.29. The van der Waals surface area contributed by atoms with Gasteiger partial charge in [-0.1, -0.05) is 42.5 Å². The first-order valence-corrected chi connectivity index (χ1v) is 7.88. The van der Waals surface area contributed by atoms with E-state index in [1.54, 1.807) is 0 Å². The fourth-order valence-electron chi connectivity index (χ4n) is 3.10. The quantitative estimate of drug-likeness (QED) is 0.916. The van der Waals surface area contributed by atoms with Crippen molar-refractivity contribution in [3.05, 3.63) is 48.0 Å². The minimum Gasteiger partial charge on any atom is -0.369 e. The van der Waals surface area contributed by atoms with E-state index in [0.717, 1.165) is 16.3 Å². The molecule has 2 aromatic rings. The lowest BCUT2D eigenvalue weighted by Gasteiger charge is -2.34. The fraction of sp³-hybridized carbons (Fsp3) is 0.333. The molecule has 0 bridgehead atoms. The summed E-state index contributed by atoms with van der Waals surface area (Å²) in [5.74, 6) is -0.180. The van der Waals surface area contributed by atoms with Crippen molar-refractivity contribution >= 4 is 22.6 Å².